The molecule has 3 rings (SSSR count). The molecule has 0 spiro atoms. The van der Waals surface area contributed by atoms with E-state index >= 15 is 0 Å². The van der Waals surface area contributed by atoms with E-state index in [0.717, 1.165) is 31.4 Å². The Balaban J connectivity index is 1.71. The topological polar surface area (TPSA) is 52.0 Å². The molecule has 1 aliphatic heterocycles. The van der Waals surface area contributed by atoms with Crippen LogP contribution < -0.4 is 5.32 Å². The van der Waals surface area contributed by atoms with Crippen molar-refractivity contribution in [3.05, 3.63) is 59.8 Å². The van der Waals surface area contributed by atoms with Gasteiger partial charge in [0, 0.05) is 12.7 Å². The predicted octanol–water partition coefficient (Wildman–Crippen LogP) is 3.84. The van der Waals surface area contributed by atoms with Crippen LogP contribution in [0, 0.1) is 17.2 Å². The number of likely N-dealkylation sites (tertiary alicyclic amines) is 1. The molecule has 1 atom stereocenters. The maximum Gasteiger partial charge on any atom is 0.126 e. The second-order valence-electron chi connectivity index (χ2n) is 6.57. The monoisotopic (exact) mass is 320 g/mol. The second kappa shape index (κ2) is 7.94. The number of anilines is 1. The van der Waals surface area contributed by atoms with E-state index in [1.54, 1.807) is 12.3 Å². The maximum absolute atomic E-state index is 8.87. The Morgan fingerprint density at radius 2 is 1.96 bits per heavy atom. The Labute approximate surface area is 144 Å². The third-order valence-corrected chi connectivity index (χ3v) is 4.81. The molecule has 0 aliphatic carbocycles. The van der Waals surface area contributed by atoms with E-state index in [9.17, 15) is 0 Å². The van der Waals surface area contributed by atoms with Crippen molar-refractivity contribution in [2.45, 2.75) is 25.8 Å². The van der Waals surface area contributed by atoms with Crippen LogP contribution in [0.4, 0.5) is 5.82 Å². The van der Waals surface area contributed by atoms with Gasteiger partial charge in [-0.15, -0.1) is 0 Å². The second-order valence-corrected chi connectivity index (χ2v) is 6.57. The molecule has 1 unspecified atom stereocenters. The lowest BCUT2D eigenvalue weighted by atomic mass is 9.95. The van der Waals surface area contributed by atoms with Crippen LogP contribution in [0.1, 0.15) is 36.9 Å². The number of aromatic nitrogens is 1. The lowest BCUT2D eigenvalue weighted by Crippen LogP contribution is -2.39. The average Bonchev–Trinajstić information content (AvgIpc) is 2.65. The average molecular weight is 320 g/mol. The normalized spacial score (nSPS) is 17.2. The third kappa shape index (κ3) is 4.12. The first-order chi connectivity index (χ1) is 11.8. The molecule has 1 fully saturated rings. The maximum atomic E-state index is 8.87. The molecule has 1 aromatic heterocycles. The molecule has 1 aromatic carbocycles. The highest BCUT2D eigenvalue weighted by Gasteiger charge is 2.24. The molecule has 24 heavy (non-hydrogen) atoms. The summed E-state index contributed by atoms with van der Waals surface area (Å²) in [5.74, 6) is 1.64. The molecule has 2 heterocycles. The summed E-state index contributed by atoms with van der Waals surface area (Å²) in [5.41, 5.74) is 1.93. The van der Waals surface area contributed by atoms with Gasteiger partial charge in [-0.25, -0.2) is 4.98 Å². The van der Waals surface area contributed by atoms with E-state index in [-0.39, 0.29) is 0 Å². The summed E-state index contributed by atoms with van der Waals surface area (Å²) in [7, 11) is 0. The molecular weight excluding hydrogens is 296 g/mol. The zero-order valence-corrected chi connectivity index (χ0v) is 14.2. The number of hydrogen-bond acceptors (Lipinski definition) is 4. The van der Waals surface area contributed by atoms with Gasteiger partial charge in [-0.05, 0) is 49.5 Å². The van der Waals surface area contributed by atoms with E-state index < -0.39 is 0 Å². The molecule has 0 radical (unpaired) electrons. The number of piperidine rings is 1. The van der Waals surface area contributed by atoms with Crippen molar-refractivity contribution in [2.75, 3.05) is 25.0 Å². The fourth-order valence-electron chi connectivity index (χ4n) is 3.24. The van der Waals surface area contributed by atoms with Gasteiger partial charge in [0.25, 0.3) is 0 Å². The van der Waals surface area contributed by atoms with E-state index in [1.807, 2.05) is 6.07 Å². The van der Waals surface area contributed by atoms with Gasteiger partial charge in [-0.1, -0.05) is 37.3 Å². The van der Waals surface area contributed by atoms with Crippen LogP contribution in [0.2, 0.25) is 0 Å². The first kappa shape index (κ1) is 16.5. The SMILES string of the molecule is CC1CCN(C(CNc2ccc(C#N)cn2)c2ccccc2)CC1. The summed E-state index contributed by atoms with van der Waals surface area (Å²) >= 11 is 0. The number of nitrogens with zero attached hydrogens (tertiary/aromatic N) is 3. The van der Waals surface area contributed by atoms with Crippen LogP contribution in [0.3, 0.4) is 0 Å². The lowest BCUT2D eigenvalue weighted by molar-refractivity contribution is 0.143. The summed E-state index contributed by atoms with van der Waals surface area (Å²) in [4.78, 5) is 6.90. The molecular formula is C20H24N4. The largest absolute Gasteiger partial charge is 0.368 e. The first-order valence-corrected chi connectivity index (χ1v) is 8.65. The molecule has 4 heteroatoms. The van der Waals surface area contributed by atoms with Gasteiger partial charge < -0.3 is 5.32 Å². The van der Waals surface area contributed by atoms with Crippen molar-refractivity contribution in [3.8, 4) is 6.07 Å². The van der Waals surface area contributed by atoms with Crippen LogP contribution in [0.15, 0.2) is 48.7 Å². The molecule has 0 amide bonds. The van der Waals surface area contributed by atoms with E-state index in [0.29, 0.717) is 11.6 Å². The highest BCUT2D eigenvalue weighted by Crippen LogP contribution is 2.27. The van der Waals surface area contributed by atoms with Gasteiger partial charge in [0.05, 0.1) is 11.6 Å². The van der Waals surface area contributed by atoms with Crippen LogP contribution >= 0.6 is 0 Å². The molecule has 124 valence electrons. The minimum Gasteiger partial charge on any atom is -0.368 e. The van der Waals surface area contributed by atoms with Crippen LogP contribution in [0.25, 0.3) is 0 Å². The Hall–Kier alpha value is -2.38. The van der Waals surface area contributed by atoms with Crippen LogP contribution in [0.5, 0.6) is 0 Å². The summed E-state index contributed by atoms with van der Waals surface area (Å²) in [6.45, 7) is 5.44. The van der Waals surface area contributed by atoms with Crippen molar-refractivity contribution in [2.24, 2.45) is 5.92 Å². The molecule has 1 saturated heterocycles. The zero-order chi connectivity index (χ0) is 16.8. The molecule has 1 aliphatic rings. The third-order valence-electron chi connectivity index (χ3n) is 4.81. The summed E-state index contributed by atoms with van der Waals surface area (Å²) < 4.78 is 0. The number of nitrogens with one attached hydrogen (secondary N) is 1. The van der Waals surface area contributed by atoms with Crippen molar-refractivity contribution in [1.29, 1.82) is 5.26 Å². The van der Waals surface area contributed by atoms with Gasteiger partial charge in [0.1, 0.15) is 11.9 Å². The minimum absolute atomic E-state index is 0.344. The minimum atomic E-state index is 0.344. The Morgan fingerprint density at radius 1 is 1.21 bits per heavy atom. The van der Waals surface area contributed by atoms with Gasteiger partial charge in [0.15, 0.2) is 0 Å². The van der Waals surface area contributed by atoms with Crippen LogP contribution in [-0.2, 0) is 0 Å². The van der Waals surface area contributed by atoms with E-state index in [4.69, 9.17) is 5.26 Å². The Morgan fingerprint density at radius 3 is 2.58 bits per heavy atom. The van der Waals surface area contributed by atoms with Crippen molar-refractivity contribution < 1.29 is 0 Å². The molecule has 4 nitrogen and oxygen atoms in total. The van der Waals surface area contributed by atoms with Gasteiger partial charge in [0.2, 0.25) is 0 Å². The van der Waals surface area contributed by atoms with Gasteiger partial charge in [-0.3, -0.25) is 4.90 Å². The van der Waals surface area contributed by atoms with E-state index in [1.165, 1.54) is 18.4 Å². The van der Waals surface area contributed by atoms with E-state index in [2.05, 4.69) is 58.5 Å². The lowest BCUT2D eigenvalue weighted by Gasteiger charge is -2.37. The molecule has 2 aromatic rings. The first-order valence-electron chi connectivity index (χ1n) is 8.65. The van der Waals surface area contributed by atoms with Crippen LogP contribution in [-0.4, -0.2) is 29.5 Å². The molecule has 0 saturated carbocycles. The highest BCUT2D eigenvalue weighted by molar-refractivity contribution is 5.39. The van der Waals surface area contributed by atoms with Crippen molar-refractivity contribution in [3.63, 3.8) is 0 Å². The number of rotatable bonds is 5. The smallest absolute Gasteiger partial charge is 0.126 e. The Bertz CT molecular complexity index is 667. The standard InChI is InChI=1S/C20H24N4/c1-16-9-11-24(12-10-16)19(18-5-3-2-4-6-18)15-23-20-8-7-17(13-21)14-22-20/h2-8,14,16,19H,9-12,15H2,1H3,(H,22,23). The highest BCUT2D eigenvalue weighted by atomic mass is 15.2. The summed E-state index contributed by atoms with van der Waals surface area (Å²) in [5, 5.41) is 12.3. The zero-order valence-electron chi connectivity index (χ0n) is 14.2. The van der Waals surface area contributed by atoms with Crippen molar-refractivity contribution in [1.82, 2.24) is 9.88 Å². The summed E-state index contributed by atoms with van der Waals surface area (Å²) in [6.07, 6.45) is 4.14. The number of nitriles is 1. The number of pyridine rings is 1. The predicted molar refractivity (Wildman–Crippen MR) is 96.6 cm³/mol. The summed E-state index contributed by atoms with van der Waals surface area (Å²) in [6, 6.07) is 16.8. The molecule has 1 N–H and O–H groups in total. The Kier molecular flexibility index (Phi) is 5.45. The van der Waals surface area contributed by atoms with Gasteiger partial charge in [-0.2, -0.15) is 5.26 Å². The quantitative estimate of drug-likeness (QED) is 0.909. The number of hydrogen-bond donors (Lipinski definition) is 1. The fourth-order valence-corrected chi connectivity index (χ4v) is 3.24. The number of benzene rings is 1. The fraction of sp³-hybridized carbons (Fsp3) is 0.400. The van der Waals surface area contributed by atoms with Gasteiger partial charge >= 0.3 is 0 Å². The van der Waals surface area contributed by atoms with Crippen molar-refractivity contribution >= 4 is 5.82 Å². The molecule has 0 bridgehead atoms.